The monoisotopic (exact) mass is 377 g/mol. The standard InChI is InChI=1S/C21H23N5O2/c1-13-8-14-9-16(22)4-5-19(14)26(13)20(27)18-11-23-10-15-12-25(7-6-17(15)18)21(28)24(2)3/h4-5,8-11H,6-7,12,22H2,1-3H3. The summed E-state index contributed by atoms with van der Waals surface area (Å²) in [6, 6.07) is 7.47. The molecular weight excluding hydrogens is 354 g/mol. The molecule has 0 spiro atoms. The van der Waals surface area contributed by atoms with Gasteiger partial charge in [0, 0.05) is 56.3 Å². The fraction of sp³-hybridized carbons (Fsp3) is 0.286. The van der Waals surface area contributed by atoms with Gasteiger partial charge < -0.3 is 15.5 Å². The zero-order valence-electron chi connectivity index (χ0n) is 16.3. The van der Waals surface area contributed by atoms with E-state index in [0.717, 1.165) is 27.7 Å². The first-order chi connectivity index (χ1) is 13.4. The number of nitrogens with two attached hydrogens (primary N) is 1. The molecule has 3 heterocycles. The highest BCUT2D eigenvalue weighted by Gasteiger charge is 2.27. The van der Waals surface area contributed by atoms with Gasteiger partial charge in [0.15, 0.2) is 0 Å². The molecule has 0 aliphatic carbocycles. The van der Waals surface area contributed by atoms with Gasteiger partial charge in [-0.25, -0.2) is 4.79 Å². The number of rotatable bonds is 1. The number of fused-ring (bicyclic) bond motifs is 2. The summed E-state index contributed by atoms with van der Waals surface area (Å²) in [5.74, 6) is -0.103. The maximum Gasteiger partial charge on any atom is 0.319 e. The van der Waals surface area contributed by atoms with E-state index < -0.39 is 0 Å². The normalized spacial score (nSPS) is 13.5. The van der Waals surface area contributed by atoms with Gasteiger partial charge in [0.2, 0.25) is 0 Å². The van der Waals surface area contributed by atoms with Gasteiger partial charge in [0.25, 0.3) is 5.91 Å². The lowest BCUT2D eigenvalue weighted by molar-refractivity contribution is 0.0961. The van der Waals surface area contributed by atoms with Gasteiger partial charge in [0.05, 0.1) is 11.1 Å². The average Bonchev–Trinajstić information content (AvgIpc) is 3.00. The Morgan fingerprint density at radius 3 is 2.71 bits per heavy atom. The van der Waals surface area contributed by atoms with Gasteiger partial charge in [-0.05, 0) is 48.7 Å². The zero-order chi connectivity index (χ0) is 20.0. The van der Waals surface area contributed by atoms with Crippen molar-refractivity contribution in [3.63, 3.8) is 0 Å². The maximum atomic E-state index is 13.4. The van der Waals surface area contributed by atoms with E-state index >= 15 is 0 Å². The summed E-state index contributed by atoms with van der Waals surface area (Å²) in [6.45, 7) is 2.95. The van der Waals surface area contributed by atoms with Crippen molar-refractivity contribution >= 4 is 28.5 Å². The number of benzene rings is 1. The summed E-state index contributed by atoms with van der Waals surface area (Å²) < 4.78 is 1.71. The summed E-state index contributed by atoms with van der Waals surface area (Å²) in [4.78, 5) is 33.3. The van der Waals surface area contributed by atoms with E-state index in [2.05, 4.69) is 4.98 Å². The Morgan fingerprint density at radius 2 is 1.96 bits per heavy atom. The molecule has 2 amide bonds. The molecule has 0 unspecified atom stereocenters. The van der Waals surface area contributed by atoms with Crippen LogP contribution in [0.5, 0.6) is 0 Å². The van der Waals surface area contributed by atoms with Crippen molar-refractivity contribution in [2.24, 2.45) is 0 Å². The van der Waals surface area contributed by atoms with Gasteiger partial charge in [0.1, 0.15) is 0 Å². The van der Waals surface area contributed by atoms with Crippen LogP contribution in [0.15, 0.2) is 36.7 Å². The van der Waals surface area contributed by atoms with Crippen molar-refractivity contribution in [3.8, 4) is 0 Å². The van der Waals surface area contributed by atoms with Crippen LogP contribution >= 0.6 is 0 Å². The number of aromatic nitrogens is 2. The lowest BCUT2D eigenvalue weighted by atomic mass is 9.96. The summed E-state index contributed by atoms with van der Waals surface area (Å²) in [5, 5.41) is 0.936. The molecule has 0 atom stereocenters. The van der Waals surface area contributed by atoms with E-state index in [1.54, 1.807) is 46.9 Å². The third kappa shape index (κ3) is 2.89. The lowest BCUT2D eigenvalue weighted by Crippen LogP contribution is -2.42. The highest BCUT2D eigenvalue weighted by molar-refractivity contribution is 6.04. The first-order valence-electron chi connectivity index (χ1n) is 9.21. The van der Waals surface area contributed by atoms with Gasteiger partial charge in [-0.1, -0.05) is 0 Å². The molecule has 28 heavy (non-hydrogen) atoms. The Morgan fingerprint density at radius 1 is 1.18 bits per heavy atom. The topological polar surface area (TPSA) is 84.5 Å². The van der Waals surface area contributed by atoms with Crippen LogP contribution < -0.4 is 5.73 Å². The second-order valence-corrected chi connectivity index (χ2v) is 7.42. The minimum absolute atomic E-state index is 0.0350. The van der Waals surface area contributed by atoms with Crippen LogP contribution in [0.2, 0.25) is 0 Å². The van der Waals surface area contributed by atoms with Crippen molar-refractivity contribution in [3.05, 3.63) is 59.0 Å². The smallest absolute Gasteiger partial charge is 0.319 e. The SMILES string of the molecule is Cc1cc2cc(N)ccc2n1C(=O)c1cncc2c1CCN(C(=O)N(C)C)C2. The Hall–Kier alpha value is -3.35. The Bertz CT molecular complexity index is 1100. The predicted molar refractivity (Wildman–Crippen MR) is 108 cm³/mol. The van der Waals surface area contributed by atoms with Crippen LogP contribution in [-0.4, -0.2) is 51.9 Å². The lowest BCUT2D eigenvalue weighted by Gasteiger charge is -2.31. The molecule has 4 rings (SSSR count). The number of pyridine rings is 1. The molecule has 144 valence electrons. The summed E-state index contributed by atoms with van der Waals surface area (Å²) in [7, 11) is 3.48. The van der Waals surface area contributed by atoms with E-state index in [4.69, 9.17) is 5.73 Å². The molecule has 2 aromatic heterocycles. The number of anilines is 1. The van der Waals surface area contributed by atoms with Gasteiger partial charge in [-0.3, -0.25) is 14.3 Å². The van der Waals surface area contributed by atoms with Crippen molar-refractivity contribution in [1.29, 1.82) is 0 Å². The fourth-order valence-corrected chi connectivity index (χ4v) is 3.89. The molecule has 0 saturated heterocycles. The largest absolute Gasteiger partial charge is 0.399 e. The number of carbonyl (C=O) groups excluding carboxylic acids is 2. The fourth-order valence-electron chi connectivity index (χ4n) is 3.89. The first-order valence-corrected chi connectivity index (χ1v) is 9.21. The minimum Gasteiger partial charge on any atom is -0.399 e. The molecule has 0 fully saturated rings. The number of aryl methyl sites for hydroxylation is 1. The van der Waals surface area contributed by atoms with Crippen LogP contribution in [0, 0.1) is 6.92 Å². The molecule has 2 N–H and O–H groups in total. The molecule has 0 saturated carbocycles. The first kappa shape index (κ1) is 18.0. The molecule has 1 aliphatic rings. The second kappa shape index (κ2) is 6.67. The summed E-state index contributed by atoms with van der Waals surface area (Å²) in [6.07, 6.45) is 4.01. The second-order valence-electron chi connectivity index (χ2n) is 7.42. The number of hydrogen-bond donors (Lipinski definition) is 1. The predicted octanol–water partition coefficient (Wildman–Crippen LogP) is 2.66. The van der Waals surface area contributed by atoms with E-state index in [-0.39, 0.29) is 11.9 Å². The van der Waals surface area contributed by atoms with Gasteiger partial charge >= 0.3 is 6.03 Å². The number of urea groups is 1. The molecule has 0 bridgehead atoms. The molecule has 7 nitrogen and oxygen atoms in total. The number of amides is 2. The molecule has 1 aliphatic heterocycles. The number of nitrogen functional groups attached to an aromatic ring is 1. The minimum atomic E-state index is -0.103. The van der Waals surface area contributed by atoms with Gasteiger partial charge in [-0.15, -0.1) is 0 Å². The number of hydrogen-bond acceptors (Lipinski definition) is 4. The van der Waals surface area contributed by atoms with Crippen molar-refractivity contribution in [1.82, 2.24) is 19.4 Å². The van der Waals surface area contributed by atoms with Crippen LogP contribution in [0.1, 0.15) is 27.2 Å². The zero-order valence-corrected chi connectivity index (χ0v) is 16.3. The van der Waals surface area contributed by atoms with Crippen LogP contribution in [0.4, 0.5) is 10.5 Å². The van der Waals surface area contributed by atoms with Crippen LogP contribution in [0.25, 0.3) is 10.9 Å². The molecule has 1 aromatic carbocycles. The van der Waals surface area contributed by atoms with E-state index in [1.807, 2.05) is 25.1 Å². The molecule has 3 aromatic rings. The number of carbonyl (C=O) groups is 2. The van der Waals surface area contributed by atoms with Crippen molar-refractivity contribution in [2.75, 3.05) is 26.4 Å². The Balaban J connectivity index is 1.74. The highest BCUT2D eigenvalue weighted by atomic mass is 16.2. The number of nitrogens with zero attached hydrogens (tertiary/aromatic N) is 4. The Labute approximate surface area is 163 Å². The van der Waals surface area contributed by atoms with Crippen LogP contribution in [-0.2, 0) is 13.0 Å². The van der Waals surface area contributed by atoms with Crippen molar-refractivity contribution < 1.29 is 9.59 Å². The van der Waals surface area contributed by atoms with Crippen molar-refractivity contribution in [2.45, 2.75) is 19.9 Å². The third-order valence-electron chi connectivity index (χ3n) is 5.24. The average molecular weight is 377 g/mol. The molecular formula is C21H23N5O2. The van der Waals surface area contributed by atoms with Gasteiger partial charge in [-0.2, -0.15) is 0 Å². The Kier molecular flexibility index (Phi) is 4.30. The molecule has 0 radical (unpaired) electrons. The van der Waals surface area contributed by atoms with E-state index in [0.29, 0.717) is 30.8 Å². The van der Waals surface area contributed by atoms with E-state index in [9.17, 15) is 9.59 Å². The maximum absolute atomic E-state index is 13.4. The quantitative estimate of drug-likeness (QED) is 0.661. The summed E-state index contributed by atoms with van der Waals surface area (Å²) >= 11 is 0. The summed E-state index contributed by atoms with van der Waals surface area (Å²) in [5.41, 5.74) is 10.7. The molecule has 7 heteroatoms. The highest BCUT2D eigenvalue weighted by Crippen LogP contribution is 2.27. The van der Waals surface area contributed by atoms with Crippen LogP contribution in [0.3, 0.4) is 0 Å². The third-order valence-corrected chi connectivity index (χ3v) is 5.24. The van der Waals surface area contributed by atoms with E-state index in [1.165, 1.54) is 0 Å².